The Kier molecular flexibility index (Phi) is 5.24. The van der Waals surface area contributed by atoms with Crippen LogP contribution in [0, 0.1) is 6.92 Å². The number of azo groups is 1. The molecule has 3 nitrogen and oxygen atoms in total. The Bertz CT molecular complexity index is 827. The summed E-state index contributed by atoms with van der Waals surface area (Å²) in [5.41, 5.74) is 3.84. The van der Waals surface area contributed by atoms with Gasteiger partial charge < -0.3 is 4.74 Å². The standard InChI is InChI=1S/C20H17ClN2O/c1-15-4-2-3-5-20(15)23-22-18-10-12-19(13-11-18)24-14-16-6-8-17(21)9-7-16/h2-13H,14H2,1H3. The molecular formula is C20H17ClN2O. The van der Waals surface area contributed by atoms with Crippen molar-refractivity contribution in [2.75, 3.05) is 0 Å². The topological polar surface area (TPSA) is 34.0 Å². The summed E-state index contributed by atoms with van der Waals surface area (Å²) in [6, 6.07) is 23.1. The van der Waals surface area contributed by atoms with Crippen LogP contribution in [0.4, 0.5) is 11.4 Å². The van der Waals surface area contributed by atoms with E-state index in [2.05, 4.69) is 10.2 Å². The van der Waals surface area contributed by atoms with Crippen LogP contribution in [0.25, 0.3) is 0 Å². The van der Waals surface area contributed by atoms with Crippen molar-refractivity contribution in [1.29, 1.82) is 0 Å². The zero-order valence-electron chi connectivity index (χ0n) is 13.3. The van der Waals surface area contributed by atoms with Crippen molar-refractivity contribution in [3.63, 3.8) is 0 Å². The lowest BCUT2D eigenvalue weighted by atomic mass is 10.2. The van der Waals surface area contributed by atoms with Gasteiger partial charge in [0.1, 0.15) is 12.4 Å². The van der Waals surface area contributed by atoms with Gasteiger partial charge in [0.25, 0.3) is 0 Å². The summed E-state index contributed by atoms with van der Waals surface area (Å²) < 4.78 is 5.75. The number of benzene rings is 3. The zero-order valence-corrected chi connectivity index (χ0v) is 14.1. The summed E-state index contributed by atoms with van der Waals surface area (Å²) in [6.07, 6.45) is 0. The Hall–Kier alpha value is -2.65. The van der Waals surface area contributed by atoms with E-state index in [0.717, 1.165) is 33.3 Å². The lowest BCUT2D eigenvalue weighted by molar-refractivity contribution is 0.306. The van der Waals surface area contributed by atoms with Crippen LogP contribution in [0.1, 0.15) is 11.1 Å². The average Bonchev–Trinajstić information content (AvgIpc) is 2.61. The molecule has 0 aliphatic carbocycles. The summed E-state index contributed by atoms with van der Waals surface area (Å²) in [5, 5.41) is 9.26. The van der Waals surface area contributed by atoms with Gasteiger partial charge in [-0.05, 0) is 60.5 Å². The minimum atomic E-state index is 0.501. The number of hydrogen-bond donors (Lipinski definition) is 0. The second-order valence-electron chi connectivity index (χ2n) is 5.40. The molecule has 0 aliphatic heterocycles. The molecular weight excluding hydrogens is 320 g/mol. The van der Waals surface area contributed by atoms with Gasteiger partial charge in [0.2, 0.25) is 0 Å². The number of aryl methyl sites for hydroxylation is 1. The van der Waals surface area contributed by atoms with Crippen LogP contribution in [0.3, 0.4) is 0 Å². The number of hydrogen-bond acceptors (Lipinski definition) is 3. The predicted molar refractivity (Wildman–Crippen MR) is 97.6 cm³/mol. The highest BCUT2D eigenvalue weighted by atomic mass is 35.5. The molecule has 3 rings (SSSR count). The Morgan fingerprint density at radius 1 is 0.833 bits per heavy atom. The normalized spacial score (nSPS) is 10.9. The van der Waals surface area contributed by atoms with Crippen molar-refractivity contribution in [2.45, 2.75) is 13.5 Å². The van der Waals surface area contributed by atoms with Gasteiger partial charge in [0.05, 0.1) is 11.4 Å². The van der Waals surface area contributed by atoms with Crippen molar-refractivity contribution in [2.24, 2.45) is 10.2 Å². The van der Waals surface area contributed by atoms with Crippen molar-refractivity contribution in [1.82, 2.24) is 0 Å². The third-order valence-electron chi connectivity index (χ3n) is 3.54. The summed E-state index contributed by atoms with van der Waals surface area (Å²) in [5.74, 6) is 0.791. The van der Waals surface area contributed by atoms with Crippen LogP contribution in [-0.2, 0) is 6.61 Å². The maximum Gasteiger partial charge on any atom is 0.119 e. The Morgan fingerprint density at radius 2 is 1.54 bits per heavy atom. The summed E-state index contributed by atoms with van der Waals surface area (Å²) in [7, 11) is 0. The molecule has 3 aromatic rings. The molecule has 3 aromatic carbocycles. The largest absolute Gasteiger partial charge is 0.489 e. The van der Waals surface area contributed by atoms with Crippen LogP contribution in [0.15, 0.2) is 83.0 Å². The molecule has 0 amide bonds. The Morgan fingerprint density at radius 3 is 2.25 bits per heavy atom. The maximum atomic E-state index is 5.87. The first-order valence-corrected chi connectivity index (χ1v) is 8.03. The van der Waals surface area contributed by atoms with Crippen molar-refractivity contribution in [3.05, 3.63) is 88.9 Å². The highest BCUT2D eigenvalue weighted by Crippen LogP contribution is 2.23. The van der Waals surface area contributed by atoms with E-state index in [9.17, 15) is 0 Å². The van der Waals surface area contributed by atoms with Crippen LogP contribution in [-0.4, -0.2) is 0 Å². The van der Waals surface area contributed by atoms with E-state index >= 15 is 0 Å². The lowest BCUT2D eigenvalue weighted by Crippen LogP contribution is -1.94. The Labute approximate surface area is 146 Å². The minimum Gasteiger partial charge on any atom is -0.489 e. The van der Waals surface area contributed by atoms with Gasteiger partial charge in [0, 0.05) is 5.02 Å². The number of halogens is 1. The molecule has 0 aromatic heterocycles. The first-order chi connectivity index (χ1) is 11.7. The highest BCUT2D eigenvalue weighted by Gasteiger charge is 1.98. The first kappa shape index (κ1) is 16.2. The minimum absolute atomic E-state index is 0.501. The maximum absolute atomic E-state index is 5.87. The molecule has 0 aliphatic rings. The molecule has 0 saturated carbocycles. The molecule has 0 unspecified atom stereocenters. The van der Waals surface area contributed by atoms with E-state index in [0.29, 0.717) is 6.61 Å². The fourth-order valence-corrected chi connectivity index (χ4v) is 2.27. The van der Waals surface area contributed by atoms with Crippen molar-refractivity contribution < 1.29 is 4.74 Å². The van der Waals surface area contributed by atoms with E-state index in [-0.39, 0.29) is 0 Å². The van der Waals surface area contributed by atoms with E-state index in [1.54, 1.807) is 0 Å². The van der Waals surface area contributed by atoms with Crippen LogP contribution >= 0.6 is 11.6 Å². The molecule has 120 valence electrons. The first-order valence-electron chi connectivity index (χ1n) is 7.65. The fourth-order valence-electron chi connectivity index (χ4n) is 2.14. The molecule has 0 atom stereocenters. The van der Waals surface area contributed by atoms with Gasteiger partial charge in [-0.3, -0.25) is 0 Å². The molecule has 0 saturated heterocycles. The molecule has 24 heavy (non-hydrogen) atoms. The quantitative estimate of drug-likeness (QED) is 0.480. The molecule has 0 bridgehead atoms. The number of rotatable bonds is 5. The summed E-state index contributed by atoms with van der Waals surface area (Å²) >= 11 is 5.87. The van der Waals surface area contributed by atoms with Crippen LogP contribution in [0.2, 0.25) is 5.02 Å². The second-order valence-corrected chi connectivity index (χ2v) is 5.83. The number of ether oxygens (including phenoxy) is 1. The van der Waals surface area contributed by atoms with E-state index in [1.807, 2.05) is 79.7 Å². The summed E-state index contributed by atoms with van der Waals surface area (Å²) in [6.45, 7) is 2.52. The SMILES string of the molecule is Cc1ccccc1N=Nc1ccc(OCc2ccc(Cl)cc2)cc1. The van der Waals surface area contributed by atoms with Gasteiger partial charge in [-0.1, -0.05) is 41.9 Å². The fraction of sp³-hybridized carbons (Fsp3) is 0.100. The van der Waals surface area contributed by atoms with E-state index in [4.69, 9.17) is 16.3 Å². The molecule has 4 heteroatoms. The van der Waals surface area contributed by atoms with Crippen LogP contribution < -0.4 is 4.74 Å². The predicted octanol–water partition coefficient (Wildman–Crippen LogP) is 6.64. The molecule has 0 spiro atoms. The smallest absolute Gasteiger partial charge is 0.119 e. The monoisotopic (exact) mass is 336 g/mol. The number of nitrogens with zero attached hydrogens (tertiary/aromatic N) is 2. The zero-order chi connectivity index (χ0) is 16.8. The highest BCUT2D eigenvalue weighted by molar-refractivity contribution is 6.30. The van der Waals surface area contributed by atoms with Gasteiger partial charge in [-0.2, -0.15) is 10.2 Å². The third kappa shape index (κ3) is 4.43. The van der Waals surface area contributed by atoms with Gasteiger partial charge in [-0.15, -0.1) is 0 Å². The molecule has 0 heterocycles. The van der Waals surface area contributed by atoms with Crippen molar-refractivity contribution >= 4 is 23.0 Å². The third-order valence-corrected chi connectivity index (χ3v) is 3.80. The average molecular weight is 337 g/mol. The van der Waals surface area contributed by atoms with Gasteiger partial charge in [0.15, 0.2) is 0 Å². The molecule has 0 fully saturated rings. The van der Waals surface area contributed by atoms with Crippen LogP contribution in [0.5, 0.6) is 5.75 Å². The van der Waals surface area contributed by atoms with E-state index < -0.39 is 0 Å². The van der Waals surface area contributed by atoms with Gasteiger partial charge >= 0.3 is 0 Å². The van der Waals surface area contributed by atoms with Gasteiger partial charge in [-0.25, -0.2) is 0 Å². The molecule has 0 radical (unpaired) electrons. The van der Waals surface area contributed by atoms with Crippen molar-refractivity contribution in [3.8, 4) is 5.75 Å². The molecule has 0 N–H and O–H groups in total. The summed E-state index contributed by atoms with van der Waals surface area (Å²) in [4.78, 5) is 0. The van der Waals surface area contributed by atoms with E-state index in [1.165, 1.54) is 0 Å². The second kappa shape index (κ2) is 7.75. The Balaban J connectivity index is 1.61. The lowest BCUT2D eigenvalue weighted by Gasteiger charge is -2.06.